The van der Waals surface area contributed by atoms with E-state index in [2.05, 4.69) is 32.2 Å². The Morgan fingerprint density at radius 3 is 2.75 bits per heavy atom. The highest BCUT2D eigenvalue weighted by Gasteiger charge is 2.24. The van der Waals surface area contributed by atoms with E-state index in [0.29, 0.717) is 0 Å². The van der Waals surface area contributed by atoms with Crippen LogP contribution in [-0.4, -0.2) is 0 Å². The largest absolute Gasteiger partial charge is 0.133 e. The predicted octanol–water partition coefficient (Wildman–Crippen LogP) is 3.79. The Balaban J connectivity index is 2.45. The molecule has 0 radical (unpaired) electrons. The normalized spacial score (nSPS) is 35.7. The van der Waals surface area contributed by atoms with Gasteiger partial charge in [0.05, 0.1) is 0 Å². The molecule has 0 bridgehead atoms. The van der Waals surface area contributed by atoms with Crippen molar-refractivity contribution in [3.8, 4) is 0 Å². The second kappa shape index (κ2) is 4.52. The Morgan fingerprint density at radius 2 is 2.25 bits per heavy atom. The highest BCUT2D eigenvalue weighted by atomic mass is 14.3. The molecule has 0 aromatic carbocycles. The molecule has 0 aliphatic heterocycles. The van der Waals surface area contributed by atoms with Crippen molar-refractivity contribution in [1.29, 1.82) is 0 Å². The summed E-state index contributed by atoms with van der Waals surface area (Å²) in [7, 11) is 0. The fourth-order valence-electron chi connectivity index (χ4n) is 2.43. The van der Waals surface area contributed by atoms with Gasteiger partial charge in [-0.3, -0.25) is 0 Å². The highest BCUT2D eigenvalue weighted by molar-refractivity contribution is 4.89. The van der Waals surface area contributed by atoms with Gasteiger partial charge in [-0.2, -0.15) is 0 Å². The minimum absolute atomic E-state index is 0.764. The van der Waals surface area contributed by atoms with E-state index in [4.69, 9.17) is 0 Å². The van der Waals surface area contributed by atoms with Crippen molar-refractivity contribution in [3.05, 3.63) is 18.4 Å². The highest BCUT2D eigenvalue weighted by Crippen LogP contribution is 2.35. The number of hydrogen-bond acceptors (Lipinski definition) is 0. The Kier molecular flexibility index (Phi) is 3.62. The molecular formula is C12H20. The zero-order chi connectivity index (χ0) is 8.97. The van der Waals surface area contributed by atoms with E-state index in [0.717, 1.165) is 17.8 Å². The maximum absolute atomic E-state index is 3.64. The van der Waals surface area contributed by atoms with Crippen LogP contribution in [0.5, 0.6) is 0 Å². The average molecular weight is 164 g/mol. The van der Waals surface area contributed by atoms with Crippen molar-refractivity contribution in [2.24, 2.45) is 17.8 Å². The molecule has 0 amide bonds. The van der Waals surface area contributed by atoms with Crippen LogP contribution in [0.15, 0.2) is 18.4 Å². The molecule has 1 fully saturated rings. The minimum Gasteiger partial charge on any atom is -0.133 e. The molecular weight excluding hydrogens is 144 g/mol. The Bertz CT molecular complexity index is 174. The van der Waals surface area contributed by atoms with Crippen LogP contribution in [0.4, 0.5) is 0 Å². The van der Waals surface area contributed by atoms with Crippen molar-refractivity contribution in [1.82, 2.24) is 0 Å². The molecule has 0 saturated heterocycles. The Hall–Kier alpha value is -0.480. The molecule has 12 heavy (non-hydrogen) atoms. The summed E-state index contributed by atoms with van der Waals surface area (Å²) in [4.78, 5) is 0. The van der Waals surface area contributed by atoms with E-state index in [-0.39, 0.29) is 0 Å². The van der Waals surface area contributed by atoms with Gasteiger partial charge >= 0.3 is 0 Å². The van der Waals surface area contributed by atoms with Crippen LogP contribution in [0.1, 0.15) is 39.5 Å². The van der Waals surface area contributed by atoms with Crippen LogP contribution in [0.2, 0.25) is 0 Å². The third-order valence-corrected chi connectivity index (χ3v) is 3.27. The van der Waals surface area contributed by atoms with Crippen LogP contribution in [0, 0.1) is 17.8 Å². The topological polar surface area (TPSA) is 0 Å². The summed E-state index contributed by atoms with van der Waals surface area (Å²) in [6.07, 6.45) is 7.61. The van der Waals surface area contributed by atoms with E-state index >= 15 is 0 Å². The van der Waals surface area contributed by atoms with Crippen molar-refractivity contribution in [2.45, 2.75) is 39.5 Å². The molecule has 0 spiro atoms. The molecule has 3 unspecified atom stereocenters. The first kappa shape index (κ1) is 9.61. The molecule has 0 aromatic rings. The van der Waals surface area contributed by atoms with E-state index in [9.17, 15) is 0 Å². The van der Waals surface area contributed by atoms with Gasteiger partial charge in [-0.25, -0.2) is 0 Å². The molecule has 68 valence electrons. The molecule has 0 nitrogen and oxygen atoms in total. The van der Waals surface area contributed by atoms with Gasteiger partial charge in [-0.1, -0.05) is 26.8 Å². The lowest BCUT2D eigenvalue weighted by molar-refractivity contribution is 0.214. The summed E-state index contributed by atoms with van der Waals surface area (Å²) in [6, 6.07) is 0. The van der Waals surface area contributed by atoms with Crippen LogP contribution in [0.3, 0.4) is 0 Å². The number of rotatable bonds is 2. The third kappa shape index (κ3) is 2.25. The molecule has 1 aliphatic carbocycles. The van der Waals surface area contributed by atoms with Gasteiger partial charge in [0.15, 0.2) is 0 Å². The molecule has 1 aliphatic rings. The first-order chi connectivity index (χ1) is 5.77. The lowest BCUT2D eigenvalue weighted by Crippen LogP contribution is -2.21. The van der Waals surface area contributed by atoms with Gasteiger partial charge in [-0.15, -0.1) is 5.73 Å². The SMILES string of the molecule is C=C=CC1CCC(CC)C(C)C1. The maximum Gasteiger partial charge on any atom is -0.0155 e. The van der Waals surface area contributed by atoms with Crippen molar-refractivity contribution >= 4 is 0 Å². The molecule has 0 heteroatoms. The summed E-state index contributed by atoms with van der Waals surface area (Å²) in [5.41, 5.74) is 2.92. The lowest BCUT2D eigenvalue weighted by Gasteiger charge is -2.31. The molecule has 0 N–H and O–H groups in total. The quantitative estimate of drug-likeness (QED) is 0.545. The molecule has 0 heterocycles. The summed E-state index contributed by atoms with van der Waals surface area (Å²) in [5, 5.41) is 0. The third-order valence-electron chi connectivity index (χ3n) is 3.27. The van der Waals surface area contributed by atoms with Crippen LogP contribution in [-0.2, 0) is 0 Å². The number of hydrogen-bond donors (Lipinski definition) is 0. The van der Waals surface area contributed by atoms with Crippen LogP contribution < -0.4 is 0 Å². The number of allylic oxidation sites excluding steroid dienone is 1. The van der Waals surface area contributed by atoms with Crippen molar-refractivity contribution < 1.29 is 0 Å². The Labute approximate surface area is 76.4 Å². The average Bonchev–Trinajstić information content (AvgIpc) is 2.05. The van der Waals surface area contributed by atoms with E-state index in [1.165, 1.54) is 25.7 Å². The van der Waals surface area contributed by atoms with E-state index in [1.807, 2.05) is 0 Å². The van der Waals surface area contributed by atoms with Gasteiger partial charge in [0.2, 0.25) is 0 Å². The van der Waals surface area contributed by atoms with Gasteiger partial charge in [0, 0.05) is 0 Å². The predicted molar refractivity (Wildman–Crippen MR) is 54.0 cm³/mol. The standard InChI is InChI=1S/C12H20/c1-4-6-11-7-8-12(5-2)10(3)9-11/h6,10-12H,1,5,7-9H2,2-3H3. The Morgan fingerprint density at radius 1 is 1.50 bits per heavy atom. The van der Waals surface area contributed by atoms with Crippen molar-refractivity contribution in [2.75, 3.05) is 0 Å². The first-order valence-corrected chi connectivity index (χ1v) is 5.13. The fourth-order valence-corrected chi connectivity index (χ4v) is 2.43. The summed E-state index contributed by atoms with van der Waals surface area (Å²) >= 11 is 0. The van der Waals surface area contributed by atoms with Gasteiger partial charge in [0.1, 0.15) is 0 Å². The monoisotopic (exact) mass is 164 g/mol. The van der Waals surface area contributed by atoms with E-state index < -0.39 is 0 Å². The zero-order valence-electron chi connectivity index (χ0n) is 8.34. The molecule has 1 saturated carbocycles. The van der Waals surface area contributed by atoms with Crippen LogP contribution in [0.25, 0.3) is 0 Å². The van der Waals surface area contributed by atoms with Gasteiger partial charge in [0.25, 0.3) is 0 Å². The second-order valence-corrected chi connectivity index (χ2v) is 4.09. The molecule has 3 atom stereocenters. The lowest BCUT2D eigenvalue weighted by atomic mass is 9.74. The maximum atomic E-state index is 3.64. The molecule has 0 aromatic heterocycles. The van der Waals surface area contributed by atoms with Gasteiger partial charge in [-0.05, 0) is 43.1 Å². The van der Waals surface area contributed by atoms with Gasteiger partial charge < -0.3 is 0 Å². The van der Waals surface area contributed by atoms with Crippen molar-refractivity contribution in [3.63, 3.8) is 0 Å². The second-order valence-electron chi connectivity index (χ2n) is 4.09. The van der Waals surface area contributed by atoms with E-state index in [1.54, 1.807) is 0 Å². The summed E-state index contributed by atoms with van der Waals surface area (Å²) in [5.74, 6) is 2.64. The minimum atomic E-state index is 0.764. The fraction of sp³-hybridized carbons (Fsp3) is 0.750. The molecule has 1 rings (SSSR count). The zero-order valence-corrected chi connectivity index (χ0v) is 8.34. The summed E-state index contributed by atoms with van der Waals surface area (Å²) < 4.78 is 0. The summed E-state index contributed by atoms with van der Waals surface area (Å²) in [6.45, 7) is 8.33. The van der Waals surface area contributed by atoms with Crippen LogP contribution >= 0.6 is 0 Å². The first-order valence-electron chi connectivity index (χ1n) is 5.13. The smallest absolute Gasteiger partial charge is 0.0155 e.